The summed E-state index contributed by atoms with van der Waals surface area (Å²) in [4.78, 5) is 14.0. The minimum atomic E-state index is -3.20. The van der Waals surface area contributed by atoms with E-state index in [0.29, 0.717) is 38.2 Å². The summed E-state index contributed by atoms with van der Waals surface area (Å²) in [6.07, 6.45) is 9.44. The van der Waals surface area contributed by atoms with Crippen LogP contribution in [0.1, 0.15) is 64.1 Å². The summed E-state index contributed by atoms with van der Waals surface area (Å²) in [5, 5.41) is 0. The van der Waals surface area contributed by atoms with Crippen LogP contribution >= 0.6 is 11.8 Å². The fourth-order valence-corrected chi connectivity index (χ4v) is 7.00. The van der Waals surface area contributed by atoms with E-state index in [1.165, 1.54) is 19.3 Å². The van der Waals surface area contributed by atoms with Gasteiger partial charge in [-0.1, -0.05) is 39.0 Å². The lowest BCUT2D eigenvalue weighted by Crippen LogP contribution is -2.52. The van der Waals surface area contributed by atoms with Crippen LogP contribution in [0.2, 0.25) is 0 Å². The van der Waals surface area contributed by atoms with Gasteiger partial charge in [0.1, 0.15) is 5.76 Å². The summed E-state index contributed by atoms with van der Waals surface area (Å²) >= 11 is 1.66. The molecule has 0 atom stereocenters. The van der Waals surface area contributed by atoms with Crippen LogP contribution in [0.15, 0.2) is 22.8 Å². The number of carbonyl (C=O) groups excluding carboxylic acids is 1. The molecule has 158 valence electrons. The van der Waals surface area contributed by atoms with Crippen LogP contribution in [0.25, 0.3) is 0 Å². The second-order valence-electron chi connectivity index (χ2n) is 7.78. The highest BCUT2D eigenvalue weighted by molar-refractivity contribution is 8.01. The molecule has 28 heavy (non-hydrogen) atoms. The number of amides is 1. The molecular weight excluding hydrogens is 396 g/mol. The zero-order valence-corrected chi connectivity index (χ0v) is 18.4. The second kappa shape index (κ2) is 9.67. The van der Waals surface area contributed by atoms with Crippen molar-refractivity contribution in [3.8, 4) is 0 Å². The van der Waals surface area contributed by atoms with Crippen molar-refractivity contribution in [2.24, 2.45) is 0 Å². The lowest BCUT2D eigenvalue weighted by Gasteiger charge is -2.43. The maximum Gasteiger partial charge on any atom is 0.234 e. The molecule has 0 radical (unpaired) electrons. The average Bonchev–Trinajstić information content (AvgIpc) is 3.30. The van der Waals surface area contributed by atoms with Crippen LogP contribution in [0.5, 0.6) is 0 Å². The molecule has 3 heterocycles. The third-order valence-electron chi connectivity index (χ3n) is 5.80. The van der Waals surface area contributed by atoms with E-state index in [0.717, 1.165) is 25.0 Å². The van der Waals surface area contributed by atoms with Gasteiger partial charge < -0.3 is 9.32 Å². The number of piperidine rings is 1. The Hall–Kier alpha value is -0.990. The molecular formula is C20H32N2O4S2. The monoisotopic (exact) mass is 428 g/mol. The highest BCUT2D eigenvalue weighted by atomic mass is 32.2. The molecule has 8 heteroatoms. The van der Waals surface area contributed by atoms with E-state index in [1.54, 1.807) is 22.3 Å². The molecule has 0 aromatic carbocycles. The van der Waals surface area contributed by atoms with Crippen LogP contribution in [0.3, 0.4) is 0 Å². The lowest BCUT2D eigenvalue weighted by molar-refractivity contribution is -0.132. The third-order valence-corrected chi connectivity index (χ3v) is 9.32. The average molecular weight is 429 g/mol. The van der Waals surface area contributed by atoms with Crippen LogP contribution in [-0.2, 0) is 21.4 Å². The number of unbranched alkanes of at least 4 members (excludes halogenated alkanes) is 5. The Balaban J connectivity index is 1.51. The number of sulfonamides is 1. The first kappa shape index (κ1) is 21.7. The maximum atomic E-state index is 12.7. The topological polar surface area (TPSA) is 70.8 Å². The Morgan fingerprint density at radius 3 is 2.54 bits per heavy atom. The van der Waals surface area contributed by atoms with Crippen molar-refractivity contribution >= 4 is 27.7 Å². The standard InChI is InChI=1S/C20H32N2O4S2/c1-2-3-4-5-6-7-15-28(24,25)21-12-10-20(11-13-21)22(19(23)17-27-20)16-18-9-8-14-26-18/h8-9,14H,2-7,10-13,15-17H2,1H3. The number of nitrogens with zero attached hydrogens (tertiary/aromatic N) is 2. The number of furan rings is 1. The summed E-state index contributed by atoms with van der Waals surface area (Å²) < 4.78 is 32.5. The fourth-order valence-electron chi connectivity index (χ4n) is 4.09. The van der Waals surface area contributed by atoms with Gasteiger partial charge in [-0.25, -0.2) is 12.7 Å². The first-order valence-corrected chi connectivity index (χ1v) is 13.0. The molecule has 2 fully saturated rings. The molecule has 1 amide bonds. The van der Waals surface area contributed by atoms with E-state index >= 15 is 0 Å². The summed E-state index contributed by atoms with van der Waals surface area (Å²) in [5.41, 5.74) is 0. The van der Waals surface area contributed by atoms with Crippen molar-refractivity contribution < 1.29 is 17.6 Å². The van der Waals surface area contributed by atoms with Crippen LogP contribution in [-0.4, -0.2) is 53.0 Å². The van der Waals surface area contributed by atoms with Crippen molar-refractivity contribution in [1.29, 1.82) is 0 Å². The van der Waals surface area contributed by atoms with E-state index < -0.39 is 10.0 Å². The normalized spacial score (nSPS) is 20.3. The maximum absolute atomic E-state index is 12.7. The molecule has 6 nitrogen and oxygen atoms in total. The molecule has 1 spiro atoms. The smallest absolute Gasteiger partial charge is 0.234 e. The van der Waals surface area contributed by atoms with Gasteiger partial charge >= 0.3 is 0 Å². The van der Waals surface area contributed by atoms with Gasteiger partial charge in [0.05, 0.1) is 29.2 Å². The van der Waals surface area contributed by atoms with Gasteiger partial charge in [0.15, 0.2) is 0 Å². The van der Waals surface area contributed by atoms with Crippen molar-refractivity contribution in [2.75, 3.05) is 24.6 Å². The quantitative estimate of drug-likeness (QED) is 0.530. The number of rotatable bonds is 10. The summed E-state index contributed by atoms with van der Waals surface area (Å²) in [6, 6.07) is 3.71. The number of hydrogen-bond acceptors (Lipinski definition) is 5. The van der Waals surface area contributed by atoms with Crippen LogP contribution < -0.4 is 0 Å². The lowest BCUT2D eigenvalue weighted by atomic mass is 10.0. The van der Waals surface area contributed by atoms with Gasteiger partial charge in [-0.05, 0) is 31.4 Å². The predicted octanol–water partition coefficient (Wildman–Crippen LogP) is 3.84. The summed E-state index contributed by atoms with van der Waals surface area (Å²) in [6.45, 7) is 3.63. The van der Waals surface area contributed by atoms with Crippen molar-refractivity contribution in [1.82, 2.24) is 9.21 Å². The van der Waals surface area contributed by atoms with Gasteiger partial charge in [0, 0.05) is 13.1 Å². The van der Waals surface area contributed by atoms with Gasteiger partial charge in [0.2, 0.25) is 15.9 Å². The predicted molar refractivity (Wildman–Crippen MR) is 112 cm³/mol. The number of carbonyl (C=O) groups is 1. The van der Waals surface area contributed by atoms with Gasteiger partial charge in [-0.2, -0.15) is 0 Å². The minimum absolute atomic E-state index is 0.116. The van der Waals surface area contributed by atoms with E-state index in [2.05, 4.69) is 6.92 Å². The molecule has 0 aliphatic carbocycles. The van der Waals surface area contributed by atoms with E-state index in [1.807, 2.05) is 17.0 Å². The zero-order valence-electron chi connectivity index (χ0n) is 16.8. The molecule has 2 aliphatic heterocycles. The van der Waals surface area contributed by atoms with Crippen LogP contribution in [0.4, 0.5) is 0 Å². The van der Waals surface area contributed by atoms with Crippen molar-refractivity contribution in [3.05, 3.63) is 24.2 Å². The fraction of sp³-hybridized carbons (Fsp3) is 0.750. The molecule has 0 N–H and O–H groups in total. The Labute approximate surface area is 173 Å². The second-order valence-corrected chi connectivity index (χ2v) is 11.2. The van der Waals surface area contributed by atoms with Crippen molar-refractivity contribution in [3.63, 3.8) is 0 Å². The molecule has 2 saturated heterocycles. The first-order valence-electron chi connectivity index (χ1n) is 10.4. The molecule has 0 unspecified atom stereocenters. The zero-order chi connectivity index (χ0) is 20.0. The highest BCUT2D eigenvalue weighted by Crippen LogP contribution is 2.45. The summed E-state index contributed by atoms with van der Waals surface area (Å²) in [7, 11) is -3.20. The van der Waals surface area contributed by atoms with E-state index in [4.69, 9.17) is 4.42 Å². The summed E-state index contributed by atoms with van der Waals surface area (Å²) in [5.74, 6) is 1.60. The number of thioether (sulfide) groups is 1. The Bertz CT molecular complexity index is 725. The van der Waals surface area contributed by atoms with Gasteiger partial charge in [-0.15, -0.1) is 11.8 Å². The minimum Gasteiger partial charge on any atom is -0.467 e. The molecule has 2 aliphatic rings. The molecule has 0 bridgehead atoms. The largest absolute Gasteiger partial charge is 0.467 e. The van der Waals surface area contributed by atoms with Crippen molar-refractivity contribution in [2.45, 2.75) is 69.7 Å². The first-order chi connectivity index (χ1) is 13.5. The van der Waals surface area contributed by atoms with Crippen LogP contribution in [0, 0.1) is 0 Å². The van der Waals surface area contributed by atoms with E-state index in [-0.39, 0.29) is 16.5 Å². The molecule has 1 aromatic heterocycles. The molecule has 1 aromatic rings. The highest BCUT2D eigenvalue weighted by Gasteiger charge is 2.49. The molecule has 3 rings (SSSR count). The molecule has 0 saturated carbocycles. The van der Waals surface area contributed by atoms with E-state index in [9.17, 15) is 13.2 Å². The van der Waals surface area contributed by atoms with Gasteiger partial charge in [0.25, 0.3) is 0 Å². The van der Waals surface area contributed by atoms with Gasteiger partial charge in [-0.3, -0.25) is 4.79 Å². The Kier molecular flexibility index (Phi) is 7.50. The Morgan fingerprint density at radius 1 is 1.14 bits per heavy atom. The Morgan fingerprint density at radius 2 is 1.86 bits per heavy atom. The third kappa shape index (κ3) is 5.13. The SMILES string of the molecule is CCCCCCCCS(=O)(=O)N1CCC2(CC1)SCC(=O)N2Cc1ccco1. The number of hydrogen-bond donors (Lipinski definition) is 0.